The highest BCUT2D eigenvalue weighted by atomic mass is 35.5. The second-order valence-electron chi connectivity index (χ2n) is 5.08. The van der Waals surface area contributed by atoms with Crippen molar-refractivity contribution in [2.75, 3.05) is 0 Å². The third-order valence-corrected chi connectivity index (χ3v) is 4.38. The fourth-order valence-corrected chi connectivity index (χ4v) is 3.25. The molecule has 0 fully saturated rings. The van der Waals surface area contributed by atoms with Gasteiger partial charge in [-0.1, -0.05) is 24.3 Å². The normalized spacial score (nSPS) is 22.8. The topological polar surface area (TPSA) is 17.8 Å². The van der Waals surface area contributed by atoms with Gasteiger partial charge in [0.05, 0.1) is 11.1 Å². The standard InChI is InChI=1S/C15H17ClN2/c1-18-9-8-13(17-18)10-12-7-6-11-4-2-3-5-14(11)15(12)16/h2-5,8-9,12,15H,6-7,10H2,1H3. The Kier molecular flexibility index (Phi) is 3.13. The number of halogens is 1. The zero-order chi connectivity index (χ0) is 12.5. The summed E-state index contributed by atoms with van der Waals surface area (Å²) in [7, 11) is 1.96. The fraction of sp³-hybridized carbons (Fsp3) is 0.400. The lowest BCUT2D eigenvalue weighted by molar-refractivity contribution is 0.436. The Morgan fingerprint density at radius 3 is 2.94 bits per heavy atom. The van der Waals surface area contributed by atoms with Crippen LogP contribution in [0.5, 0.6) is 0 Å². The van der Waals surface area contributed by atoms with Gasteiger partial charge in [-0.25, -0.2) is 0 Å². The number of hydrogen-bond acceptors (Lipinski definition) is 1. The van der Waals surface area contributed by atoms with E-state index in [1.54, 1.807) is 0 Å². The van der Waals surface area contributed by atoms with E-state index in [2.05, 4.69) is 35.4 Å². The number of alkyl halides is 1. The second-order valence-corrected chi connectivity index (χ2v) is 5.55. The van der Waals surface area contributed by atoms with Gasteiger partial charge in [-0.05, 0) is 42.4 Å². The van der Waals surface area contributed by atoms with Gasteiger partial charge in [-0.2, -0.15) is 5.10 Å². The minimum Gasteiger partial charge on any atom is -0.276 e. The molecule has 0 saturated heterocycles. The van der Waals surface area contributed by atoms with Gasteiger partial charge in [0.25, 0.3) is 0 Å². The lowest BCUT2D eigenvalue weighted by Crippen LogP contribution is -2.19. The quantitative estimate of drug-likeness (QED) is 0.756. The first-order valence-electron chi connectivity index (χ1n) is 6.44. The van der Waals surface area contributed by atoms with Crippen LogP contribution < -0.4 is 0 Å². The molecule has 3 rings (SSSR count). The van der Waals surface area contributed by atoms with Crippen molar-refractivity contribution in [3.05, 3.63) is 53.3 Å². The van der Waals surface area contributed by atoms with Crippen LogP contribution in [0.25, 0.3) is 0 Å². The molecule has 1 aliphatic carbocycles. The van der Waals surface area contributed by atoms with Gasteiger partial charge in [0, 0.05) is 13.2 Å². The van der Waals surface area contributed by atoms with Gasteiger partial charge in [-0.15, -0.1) is 11.6 Å². The van der Waals surface area contributed by atoms with Crippen LogP contribution in [0.4, 0.5) is 0 Å². The molecule has 18 heavy (non-hydrogen) atoms. The third-order valence-electron chi connectivity index (χ3n) is 3.79. The maximum Gasteiger partial charge on any atom is 0.0627 e. The molecule has 2 nitrogen and oxygen atoms in total. The fourth-order valence-electron chi connectivity index (χ4n) is 2.82. The molecule has 94 valence electrons. The predicted octanol–water partition coefficient (Wildman–Crippen LogP) is 3.51. The first-order chi connectivity index (χ1) is 8.74. The van der Waals surface area contributed by atoms with Crippen LogP contribution in [0.1, 0.15) is 28.6 Å². The van der Waals surface area contributed by atoms with Gasteiger partial charge < -0.3 is 0 Å². The summed E-state index contributed by atoms with van der Waals surface area (Å²) in [6.45, 7) is 0. The molecule has 0 aliphatic heterocycles. The number of hydrogen-bond donors (Lipinski definition) is 0. The largest absolute Gasteiger partial charge is 0.276 e. The van der Waals surface area contributed by atoms with E-state index in [1.807, 2.05) is 17.9 Å². The molecule has 1 aliphatic rings. The van der Waals surface area contributed by atoms with Crippen molar-refractivity contribution in [3.8, 4) is 0 Å². The summed E-state index contributed by atoms with van der Waals surface area (Å²) in [5, 5.41) is 4.58. The van der Waals surface area contributed by atoms with Crippen molar-refractivity contribution in [1.29, 1.82) is 0 Å². The minimum atomic E-state index is 0.122. The predicted molar refractivity (Wildman–Crippen MR) is 73.8 cm³/mol. The molecule has 0 bridgehead atoms. The second kappa shape index (κ2) is 4.77. The van der Waals surface area contributed by atoms with E-state index < -0.39 is 0 Å². The zero-order valence-corrected chi connectivity index (χ0v) is 11.3. The van der Waals surface area contributed by atoms with Crippen molar-refractivity contribution < 1.29 is 0 Å². The lowest BCUT2D eigenvalue weighted by atomic mass is 9.81. The first kappa shape index (κ1) is 11.8. The molecular formula is C15H17ClN2. The maximum atomic E-state index is 6.64. The van der Waals surface area contributed by atoms with Crippen LogP contribution >= 0.6 is 11.6 Å². The van der Waals surface area contributed by atoms with Crippen molar-refractivity contribution in [2.24, 2.45) is 13.0 Å². The number of nitrogens with zero attached hydrogens (tertiary/aromatic N) is 2. The monoisotopic (exact) mass is 260 g/mol. The van der Waals surface area contributed by atoms with Crippen LogP contribution in [-0.2, 0) is 19.9 Å². The molecule has 2 aromatic rings. The summed E-state index contributed by atoms with van der Waals surface area (Å²) in [4.78, 5) is 0. The Morgan fingerprint density at radius 2 is 2.17 bits per heavy atom. The molecule has 2 atom stereocenters. The van der Waals surface area contributed by atoms with Crippen LogP contribution in [0.3, 0.4) is 0 Å². The van der Waals surface area contributed by atoms with Gasteiger partial charge >= 0.3 is 0 Å². The highest BCUT2D eigenvalue weighted by Gasteiger charge is 2.28. The van der Waals surface area contributed by atoms with Crippen LogP contribution in [0.15, 0.2) is 36.5 Å². The molecular weight excluding hydrogens is 244 g/mol. The number of rotatable bonds is 2. The number of benzene rings is 1. The molecule has 1 aromatic heterocycles. The molecule has 1 aromatic carbocycles. The Bertz CT molecular complexity index is 547. The van der Waals surface area contributed by atoms with E-state index in [9.17, 15) is 0 Å². The van der Waals surface area contributed by atoms with Gasteiger partial charge in [0.15, 0.2) is 0 Å². The molecule has 1 heterocycles. The molecule has 0 amide bonds. The first-order valence-corrected chi connectivity index (χ1v) is 6.88. The van der Waals surface area contributed by atoms with E-state index >= 15 is 0 Å². The number of aromatic nitrogens is 2. The molecule has 0 radical (unpaired) electrons. The van der Waals surface area contributed by atoms with Crippen molar-refractivity contribution in [3.63, 3.8) is 0 Å². The molecule has 3 heteroatoms. The van der Waals surface area contributed by atoms with Crippen LogP contribution in [-0.4, -0.2) is 9.78 Å². The summed E-state index contributed by atoms with van der Waals surface area (Å²) in [6, 6.07) is 10.6. The Labute approximate surface area is 113 Å². The highest BCUT2D eigenvalue weighted by Crippen LogP contribution is 2.40. The van der Waals surface area contributed by atoms with E-state index in [0.717, 1.165) is 25.0 Å². The summed E-state index contributed by atoms with van der Waals surface area (Å²) < 4.78 is 1.86. The molecule has 0 spiro atoms. The summed E-state index contributed by atoms with van der Waals surface area (Å²) in [6.07, 6.45) is 5.26. The molecule has 0 saturated carbocycles. The molecule has 0 N–H and O–H groups in total. The highest BCUT2D eigenvalue weighted by molar-refractivity contribution is 6.21. The van der Waals surface area contributed by atoms with Crippen LogP contribution in [0, 0.1) is 5.92 Å². The average molecular weight is 261 g/mol. The number of aryl methyl sites for hydroxylation is 2. The Morgan fingerprint density at radius 1 is 1.33 bits per heavy atom. The zero-order valence-electron chi connectivity index (χ0n) is 10.5. The Balaban J connectivity index is 1.80. The van der Waals surface area contributed by atoms with Gasteiger partial charge in [0.2, 0.25) is 0 Å². The Hall–Kier alpha value is -1.28. The van der Waals surface area contributed by atoms with E-state index in [0.29, 0.717) is 5.92 Å². The van der Waals surface area contributed by atoms with Crippen LogP contribution in [0.2, 0.25) is 0 Å². The summed E-state index contributed by atoms with van der Waals surface area (Å²) in [5.41, 5.74) is 3.87. The van der Waals surface area contributed by atoms with Crippen molar-refractivity contribution in [2.45, 2.75) is 24.6 Å². The third kappa shape index (κ3) is 2.17. The van der Waals surface area contributed by atoms with Gasteiger partial charge in [-0.3, -0.25) is 4.68 Å². The maximum absolute atomic E-state index is 6.64. The lowest BCUT2D eigenvalue weighted by Gasteiger charge is -2.29. The summed E-state index contributed by atoms with van der Waals surface area (Å²) >= 11 is 6.64. The van der Waals surface area contributed by atoms with E-state index in [1.165, 1.54) is 11.1 Å². The molecule has 2 unspecified atom stereocenters. The average Bonchev–Trinajstić information content (AvgIpc) is 2.79. The van der Waals surface area contributed by atoms with Crippen molar-refractivity contribution >= 4 is 11.6 Å². The van der Waals surface area contributed by atoms with E-state index in [4.69, 9.17) is 11.6 Å². The van der Waals surface area contributed by atoms with Crippen molar-refractivity contribution in [1.82, 2.24) is 9.78 Å². The van der Waals surface area contributed by atoms with Gasteiger partial charge in [0.1, 0.15) is 0 Å². The minimum absolute atomic E-state index is 0.122. The van der Waals surface area contributed by atoms with E-state index in [-0.39, 0.29) is 5.38 Å². The SMILES string of the molecule is Cn1ccc(CC2CCc3ccccc3C2Cl)n1. The number of fused-ring (bicyclic) bond motifs is 1. The smallest absolute Gasteiger partial charge is 0.0627 e. The summed E-state index contributed by atoms with van der Waals surface area (Å²) in [5.74, 6) is 0.497.